The monoisotopic (exact) mass is 332 g/mol. The van der Waals surface area contributed by atoms with Crippen molar-refractivity contribution in [3.05, 3.63) is 59.9 Å². The third-order valence-corrected chi connectivity index (χ3v) is 3.11. The highest BCUT2D eigenvalue weighted by molar-refractivity contribution is 5.89. The normalized spacial score (nSPS) is 17.6. The first kappa shape index (κ1) is 19.2. The van der Waals surface area contributed by atoms with Gasteiger partial charge < -0.3 is 25.7 Å². The third-order valence-electron chi connectivity index (χ3n) is 3.11. The zero-order chi connectivity index (χ0) is 18.1. The maximum atomic E-state index is 9.85. The zero-order valence-electron chi connectivity index (χ0n) is 14.1. The minimum atomic E-state index is -0.907. The molecule has 1 unspecified atom stereocenters. The molecule has 1 aliphatic rings. The van der Waals surface area contributed by atoms with E-state index in [4.69, 9.17) is 10.8 Å². The van der Waals surface area contributed by atoms with E-state index in [-0.39, 0.29) is 5.84 Å². The standard InChI is InChI=1S/C14H17N3O.C3H7NO2/c1-17(9-11-5-3-2-4-6-11)10-12-7-8-16-14(15)13(12)18;1-4(2)3(5)6/h2-8,10,13,18H,9H2,1H3,(H2,15,16);1-2H3,(H,5,6). The fourth-order valence-electron chi connectivity index (χ4n) is 1.83. The number of carbonyl (C=O) groups is 1. The molecular formula is C17H24N4O3. The number of nitrogens with two attached hydrogens (primary N) is 1. The van der Waals surface area contributed by atoms with Gasteiger partial charge in [0.2, 0.25) is 0 Å². The van der Waals surface area contributed by atoms with Crippen molar-refractivity contribution in [2.24, 2.45) is 10.7 Å². The van der Waals surface area contributed by atoms with Crippen molar-refractivity contribution in [3.63, 3.8) is 0 Å². The number of amidine groups is 1. The molecule has 7 nitrogen and oxygen atoms in total. The van der Waals surface area contributed by atoms with Crippen molar-refractivity contribution in [2.75, 3.05) is 21.1 Å². The Balaban J connectivity index is 0.000000413. The molecule has 4 N–H and O–H groups in total. The molecule has 1 heterocycles. The van der Waals surface area contributed by atoms with Crippen LogP contribution in [0.2, 0.25) is 0 Å². The molecule has 1 aromatic carbocycles. The Morgan fingerprint density at radius 1 is 1.29 bits per heavy atom. The molecular weight excluding hydrogens is 308 g/mol. The van der Waals surface area contributed by atoms with Crippen LogP contribution in [0, 0.1) is 0 Å². The van der Waals surface area contributed by atoms with E-state index < -0.39 is 12.2 Å². The summed E-state index contributed by atoms with van der Waals surface area (Å²) in [5.74, 6) is 0.233. The number of carboxylic acid groups (broad SMARTS) is 1. The highest BCUT2D eigenvalue weighted by atomic mass is 16.4. The molecule has 0 bridgehead atoms. The largest absolute Gasteiger partial charge is 0.465 e. The van der Waals surface area contributed by atoms with Crippen LogP contribution in [0.4, 0.5) is 4.79 Å². The Bertz CT molecular complexity index is 624. The summed E-state index contributed by atoms with van der Waals surface area (Å²) in [7, 11) is 4.91. The first-order valence-corrected chi connectivity index (χ1v) is 7.35. The van der Waals surface area contributed by atoms with Gasteiger partial charge in [0.25, 0.3) is 0 Å². The van der Waals surface area contributed by atoms with Crippen LogP contribution < -0.4 is 5.73 Å². The maximum absolute atomic E-state index is 9.85. The van der Waals surface area contributed by atoms with Crippen molar-refractivity contribution >= 4 is 11.9 Å². The first-order valence-electron chi connectivity index (χ1n) is 7.35. The number of benzene rings is 1. The minimum absolute atomic E-state index is 0.233. The summed E-state index contributed by atoms with van der Waals surface area (Å²) in [5, 5.41) is 17.8. The van der Waals surface area contributed by atoms with Crippen molar-refractivity contribution in [3.8, 4) is 0 Å². The summed E-state index contributed by atoms with van der Waals surface area (Å²) in [6.07, 6.45) is 3.53. The highest BCUT2D eigenvalue weighted by Gasteiger charge is 2.16. The summed E-state index contributed by atoms with van der Waals surface area (Å²) in [4.78, 5) is 16.6. The van der Waals surface area contributed by atoms with Crippen LogP contribution in [0.1, 0.15) is 5.56 Å². The molecule has 0 aromatic heterocycles. The summed E-state index contributed by atoms with van der Waals surface area (Å²) in [6.45, 7) is 0.780. The highest BCUT2D eigenvalue weighted by Crippen LogP contribution is 2.12. The van der Waals surface area contributed by atoms with Gasteiger partial charge in [0, 0.05) is 45.7 Å². The fourth-order valence-corrected chi connectivity index (χ4v) is 1.83. The van der Waals surface area contributed by atoms with Crippen LogP contribution in [0.3, 0.4) is 0 Å². The van der Waals surface area contributed by atoms with Crippen molar-refractivity contribution in [1.82, 2.24) is 9.80 Å². The van der Waals surface area contributed by atoms with Crippen LogP contribution in [-0.4, -0.2) is 59.2 Å². The van der Waals surface area contributed by atoms with Gasteiger partial charge in [-0.25, -0.2) is 9.79 Å². The Morgan fingerprint density at radius 2 is 1.88 bits per heavy atom. The molecule has 1 aromatic rings. The average Bonchev–Trinajstić information content (AvgIpc) is 2.53. The number of aliphatic hydroxyl groups is 1. The number of nitrogens with zero attached hydrogens (tertiary/aromatic N) is 3. The zero-order valence-corrected chi connectivity index (χ0v) is 14.1. The van der Waals surface area contributed by atoms with Gasteiger partial charge in [0.1, 0.15) is 11.9 Å². The summed E-state index contributed by atoms with van der Waals surface area (Å²) < 4.78 is 0. The Hall–Kier alpha value is -2.80. The molecule has 1 atom stereocenters. The number of rotatable bonds is 3. The van der Waals surface area contributed by atoms with Crippen LogP contribution in [0.25, 0.3) is 0 Å². The van der Waals surface area contributed by atoms with E-state index in [2.05, 4.69) is 17.1 Å². The SMILES string of the molecule is CN(C)C(=O)O.CN(C=C1C=CN=C(N)C1O)Cc1ccccc1. The summed E-state index contributed by atoms with van der Waals surface area (Å²) >= 11 is 0. The fraction of sp³-hybridized carbons (Fsp3) is 0.294. The summed E-state index contributed by atoms with van der Waals surface area (Å²) in [5.41, 5.74) is 7.55. The van der Waals surface area contributed by atoms with Gasteiger partial charge in [-0.05, 0) is 11.6 Å². The molecule has 0 saturated heterocycles. The van der Waals surface area contributed by atoms with Crippen molar-refractivity contribution < 1.29 is 15.0 Å². The number of aliphatic imine (C=N–C) groups is 1. The smallest absolute Gasteiger partial charge is 0.406 e. The lowest BCUT2D eigenvalue weighted by Gasteiger charge is -2.20. The van der Waals surface area contributed by atoms with Crippen LogP contribution in [0.5, 0.6) is 0 Å². The lowest BCUT2D eigenvalue weighted by molar-refractivity contribution is 0.165. The van der Waals surface area contributed by atoms with Crippen LogP contribution >= 0.6 is 0 Å². The van der Waals surface area contributed by atoms with Gasteiger partial charge in [0.05, 0.1) is 0 Å². The van der Waals surface area contributed by atoms with Gasteiger partial charge in [0.15, 0.2) is 0 Å². The van der Waals surface area contributed by atoms with Crippen LogP contribution in [0.15, 0.2) is 59.4 Å². The van der Waals surface area contributed by atoms with Gasteiger partial charge in [-0.1, -0.05) is 30.3 Å². The second-order valence-corrected chi connectivity index (χ2v) is 5.48. The molecule has 0 spiro atoms. The molecule has 0 fully saturated rings. The number of hydrogen-bond donors (Lipinski definition) is 3. The Labute approximate surface area is 142 Å². The Morgan fingerprint density at radius 3 is 2.42 bits per heavy atom. The van der Waals surface area contributed by atoms with Crippen LogP contribution in [-0.2, 0) is 6.54 Å². The second kappa shape index (κ2) is 9.36. The number of amides is 1. The van der Waals surface area contributed by atoms with Gasteiger partial charge in [-0.2, -0.15) is 0 Å². The molecule has 130 valence electrons. The van der Waals surface area contributed by atoms with Crippen molar-refractivity contribution in [2.45, 2.75) is 12.6 Å². The van der Waals surface area contributed by atoms with Crippen molar-refractivity contribution in [1.29, 1.82) is 0 Å². The van der Waals surface area contributed by atoms with Gasteiger partial charge in [-0.3, -0.25) is 0 Å². The predicted molar refractivity (Wildman–Crippen MR) is 94.5 cm³/mol. The van der Waals surface area contributed by atoms with E-state index in [9.17, 15) is 9.90 Å². The minimum Gasteiger partial charge on any atom is -0.465 e. The number of hydrogen-bond acceptors (Lipinski definition) is 5. The van der Waals surface area contributed by atoms with E-state index in [0.717, 1.165) is 17.0 Å². The van der Waals surface area contributed by atoms with E-state index in [0.29, 0.717) is 0 Å². The lowest BCUT2D eigenvalue weighted by atomic mass is 10.1. The average molecular weight is 332 g/mol. The molecule has 0 radical (unpaired) electrons. The molecule has 24 heavy (non-hydrogen) atoms. The lowest BCUT2D eigenvalue weighted by Crippen LogP contribution is -2.32. The molecule has 2 rings (SSSR count). The maximum Gasteiger partial charge on any atom is 0.406 e. The second-order valence-electron chi connectivity index (χ2n) is 5.48. The molecule has 1 amide bonds. The van der Waals surface area contributed by atoms with E-state index in [1.165, 1.54) is 19.7 Å². The predicted octanol–water partition coefficient (Wildman–Crippen LogP) is 1.47. The van der Waals surface area contributed by atoms with E-state index in [1.807, 2.05) is 36.3 Å². The quantitative estimate of drug-likeness (QED) is 0.778. The van der Waals surface area contributed by atoms with E-state index in [1.54, 1.807) is 12.3 Å². The third kappa shape index (κ3) is 6.53. The van der Waals surface area contributed by atoms with Gasteiger partial charge in [-0.15, -0.1) is 0 Å². The first-order chi connectivity index (χ1) is 11.3. The number of aliphatic hydroxyl groups excluding tert-OH is 1. The topological polar surface area (TPSA) is 102 Å². The molecule has 0 saturated carbocycles. The van der Waals surface area contributed by atoms with E-state index >= 15 is 0 Å². The molecule has 7 heteroatoms. The molecule has 1 aliphatic heterocycles. The van der Waals surface area contributed by atoms with Gasteiger partial charge >= 0.3 is 6.09 Å². The Kier molecular flexibility index (Phi) is 7.51. The molecule has 0 aliphatic carbocycles. The summed E-state index contributed by atoms with van der Waals surface area (Å²) in [6, 6.07) is 10.1.